The number of rotatable bonds is 5. The molecule has 9 heavy (non-hydrogen) atoms. The van der Waals surface area contributed by atoms with Crippen molar-refractivity contribution in [1.82, 2.24) is 0 Å². The fourth-order valence-corrected chi connectivity index (χ4v) is 0.677. The standard InChI is InChI=1S/C5H12OS3/c7-2-1-6-3-5(9)4-8/h5,7-9H,1-4H2. The Balaban J connectivity index is 2.88. The summed E-state index contributed by atoms with van der Waals surface area (Å²) >= 11 is 12.2. The van der Waals surface area contributed by atoms with Gasteiger partial charge in [0.05, 0.1) is 13.2 Å². The molecule has 0 saturated carbocycles. The molecule has 0 aromatic carbocycles. The molecule has 0 amide bonds. The minimum Gasteiger partial charge on any atom is -0.379 e. The number of ether oxygens (including phenoxy) is 1. The van der Waals surface area contributed by atoms with Gasteiger partial charge in [0.15, 0.2) is 0 Å². The van der Waals surface area contributed by atoms with E-state index in [4.69, 9.17) is 4.74 Å². The van der Waals surface area contributed by atoms with Crippen molar-refractivity contribution >= 4 is 37.9 Å². The number of hydrogen-bond acceptors (Lipinski definition) is 4. The first-order valence-corrected chi connectivity index (χ1v) is 4.57. The van der Waals surface area contributed by atoms with E-state index in [9.17, 15) is 0 Å². The van der Waals surface area contributed by atoms with Crippen LogP contribution in [-0.4, -0.2) is 30.0 Å². The summed E-state index contributed by atoms with van der Waals surface area (Å²) in [5.74, 6) is 1.53. The summed E-state index contributed by atoms with van der Waals surface area (Å²) in [6.45, 7) is 1.38. The quantitative estimate of drug-likeness (QED) is 0.429. The number of thiol groups is 3. The third-order valence-electron chi connectivity index (χ3n) is 0.757. The van der Waals surface area contributed by atoms with Crippen LogP contribution >= 0.6 is 37.9 Å². The molecule has 0 heterocycles. The van der Waals surface area contributed by atoms with Crippen molar-refractivity contribution < 1.29 is 4.74 Å². The largest absolute Gasteiger partial charge is 0.379 e. The summed E-state index contributed by atoms with van der Waals surface area (Å²) in [5, 5.41) is 0.258. The lowest BCUT2D eigenvalue weighted by atomic mass is 10.5. The molecule has 0 aromatic rings. The van der Waals surface area contributed by atoms with Crippen molar-refractivity contribution in [3.8, 4) is 0 Å². The fraction of sp³-hybridized carbons (Fsp3) is 1.00. The van der Waals surface area contributed by atoms with Crippen molar-refractivity contribution in [2.45, 2.75) is 5.25 Å². The average molecular weight is 184 g/mol. The van der Waals surface area contributed by atoms with Crippen molar-refractivity contribution in [1.29, 1.82) is 0 Å². The fourth-order valence-electron chi connectivity index (χ4n) is 0.337. The van der Waals surface area contributed by atoms with Gasteiger partial charge >= 0.3 is 0 Å². The molecule has 1 nitrogen and oxygen atoms in total. The van der Waals surface area contributed by atoms with Crippen LogP contribution < -0.4 is 0 Å². The Bertz CT molecular complexity index is 60.2. The van der Waals surface area contributed by atoms with Crippen LogP contribution in [0.2, 0.25) is 0 Å². The molecule has 0 aliphatic rings. The Labute approximate surface area is 72.8 Å². The summed E-state index contributed by atoms with van der Waals surface area (Å²) in [4.78, 5) is 0. The van der Waals surface area contributed by atoms with Gasteiger partial charge in [0.25, 0.3) is 0 Å². The maximum atomic E-state index is 5.13. The summed E-state index contributed by atoms with van der Waals surface area (Å²) < 4.78 is 5.13. The SMILES string of the molecule is SCCOCC(S)CS. The first-order chi connectivity index (χ1) is 4.31. The van der Waals surface area contributed by atoms with E-state index in [-0.39, 0.29) is 5.25 Å². The van der Waals surface area contributed by atoms with Crippen LogP contribution in [0.5, 0.6) is 0 Å². The molecule has 0 rings (SSSR count). The molecule has 0 aromatic heterocycles. The van der Waals surface area contributed by atoms with E-state index in [0.29, 0.717) is 13.2 Å². The molecule has 0 saturated heterocycles. The Kier molecular flexibility index (Phi) is 7.92. The van der Waals surface area contributed by atoms with E-state index in [0.717, 1.165) is 11.5 Å². The zero-order valence-corrected chi connectivity index (χ0v) is 7.84. The highest BCUT2D eigenvalue weighted by Crippen LogP contribution is 1.97. The third kappa shape index (κ3) is 6.90. The van der Waals surface area contributed by atoms with Gasteiger partial charge in [0.2, 0.25) is 0 Å². The van der Waals surface area contributed by atoms with Crippen LogP contribution in [-0.2, 0) is 4.74 Å². The topological polar surface area (TPSA) is 9.23 Å². The van der Waals surface area contributed by atoms with Gasteiger partial charge in [-0.05, 0) is 0 Å². The zero-order chi connectivity index (χ0) is 7.11. The Morgan fingerprint density at radius 1 is 1.33 bits per heavy atom. The number of hydrogen-bond donors (Lipinski definition) is 3. The van der Waals surface area contributed by atoms with E-state index in [2.05, 4.69) is 37.9 Å². The van der Waals surface area contributed by atoms with Gasteiger partial charge in [-0.2, -0.15) is 37.9 Å². The van der Waals surface area contributed by atoms with Gasteiger partial charge in [-0.25, -0.2) is 0 Å². The van der Waals surface area contributed by atoms with Crippen LogP contribution in [0.1, 0.15) is 0 Å². The monoisotopic (exact) mass is 184 g/mol. The lowest BCUT2D eigenvalue weighted by molar-refractivity contribution is 0.155. The molecule has 0 radical (unpaired) electrons. The molecule has 0 fully saturated rings. The van der Waals surface area contributed by atoms with E-state index in [1.807, 2.05) is 0 Å². The van der Waals surface area contributed by atoms with Crippen LogP contribution in [0.3, 0.4) is 0 Å². The molecule has 1 unspecified atom stereocenters. The summed E-state index contributed by atoms with van der Waals surface area (Å²) in [5.41, 5.74) is 0. The normalized spacial score (nSPS) is 13.7. The minimum atomic E-state index is 0.258. The van der Waals surface area contributed by atoms with Gasteiger partial charge < -0.3 is 4.74 Å². The smallest absolute Gasteiger partial charge is 0.0590 e. The molecule has 56 valence electrons. The van der Waals surface area contributed by atoms with Gasteiger partial charge in [0, 0.05) is 16.8 Å². The van der Waals surface area contributed by atoms with Crippen LogP contribution in [0.4, 0.5) is 0 Å². The van der Waals surface area contributed by atoms with Crippen molar-refractivity contribution in [2.75, 3.05) is 24.7 Å². The maximum absolute atomic E-state index is 5.13. The first kappa shape index (κ1) is 10.0. The van der Waals surface area contributed by atoms with Gasteiger partial charge in [-0.3, -0.25) is 0 Å². The van der Waals surface area contributed by atoms with Crippen LogP contribution in [0.25, 0.3) is 0 Å². The van der Waals surface area contributed by atoms with Gasteiger partial charge in [-0.15, -0.1) is 0 Å². The first-order valence-electron chi connectivity index (χ1n) is 2.78. The van der Waals surface area contributed by atoms with Crippen LogP contribution in [0, 0.1) is 0 Å². The van der Waals surface area contributed by atoms with Crippen molar-refractivity contribution in [2.24, 2.45) is 0 Å². The van der Waals surface area contributed by atoms with Gasteiger partial charge in [0.1, 0.15) is 0 Å². The predicted octanol–water partition coefficient (Wildman–Crippen LogP) is 1.16. The predicted molar refractivity (Wildman–Crippen MR) is 51.3 cm³/mol. The average Bonchev–Trinajstić information content (AvgIpc) is 1.89. The summed E-state index contributed by atoms with van der Waals surface area (Å²) in [7, 11) is 0. The minimum absolute atomic E-state index is 0.258. The molecule has 0 N–H and O–H groups in total. The second-order valence-corrected chi connectivity index (χ2v) is 3.18. The molecule has 0 aliphatic carbocycles. The molecular formula is C5H12OS3. The Morgan fingerprint density at radius 3 is 2.44 bits per heavy atom. The lowest BCUT2D eigenvalue weighted by Crippen LogP contribution is -2.11. The Hall–Kier alpha value is 1.01. The maximum Gasteiger partial charge on any atom is 0.0590 e. The molecular weight excluding hydrogens is 172 g/mol. The van der Waals surface area contributed by atoms with Crippen molar-refractivity contribution in [3.63, 3.8) is 0 Å². The zero-order valence-electron chi connectivity index (χ0n) is 5.16. The summed E-state index contributed by atoms with van der Waals surface area (Å²) in [6.07, 6.45) is 0. The third-order valence-corrected chi connectivity index (χ3v) is 2.00. The molecule has 0 bridgehead atoms. The molecule has 0 spiro atoms. The second kappa shape index (κ2) is 7.12. The molecule has 1 atom stereocenters. The van der Waals surface area contributed by atoms with E-state index >= 15 is 0 Å². The molecule has 0 aliphatic heterocycles. The van der Waals surface area contributed by atoms with Gasteiger partial charge in [-0.1, -0.05) is 0 Å². The Morgan fingerprint density at radius 2 is 2.00 bits per heavy atom. The highest BCUT2D eigenvalue weighted by atomic mass is 32.1. The summed E-state index contributed by atoms with van der Waals surface area (Å²) in [6, 6.07) is 0. The van der Waals surface area contributed by atoms with E-state index in [1.54, 1.807) is 0 Å². The lowest BCUT2D eigenvalue weighted by Gasteiger charge is -2.05. The van der Waals surface area contributed by atoms with E-state index in [1.165, 1.54) is 0 Å². The highest BCUT2D eigenvalue weighted by molar-refractivity contribution is 7.84. The van der Waals surface area contributed by atoms with Crippen molar-refractivity contribution in [3.05, 3.63) is 0 Å². The van der Waals surface area contributed by atoms with Crippen LogP contribution in [0.15, 0.2) is 0 Å². The highest BCUT2D eigenvalue weighted by Gasteiger charge is 1.97. The second-order valence-electron chi connectivity index (χ2n) is 1.63. The molecule has 4 heteroatoms. The van der Waals surface area contributed by atoms with E-state index < -0.39 is 0 Å².